The topological polar surface area (TPSA) is 86.5 Å². The molecule has 3 rings (SSSR count). The summed E-state index contributed by atoms with van der Waals surface area (Å²) < 4.78 is 5.10. The van der Waals surface area contributed by atoms with Crippen LogP contribution < -0.4 is 4.74 Å². The zero-order valence-corrected chi connectivity index (χ0v) is 13.3. The van der Waals surface area contributed by atoms with E-state index in [0.717, 1.165) is 0 Å². The average Bonchev–Trinajstić information content (AvgIpc) is 2.53. The zero-order valence-electron chi connectivity index (χ0n) is 11.8. The van der Waals surface area contributed by atoms with Crippen molar-refractivity contribution in [3.8, 4) is 5.75 Å². The van der Waals surface area contributed by atoms with E-state index in [1.807, 2.05) is 0 Å². The molecule has 0 saturated carbocycles. The van der Waals surface area contributed by atoms with Crippen molar-refractivity contribution in [3.05, 3.63) is 73.3 Å². The molecule has 2 aromatic rings. The van der Waals surface area contributed by atoms with Gasteiger partial charge in [-0.3, -0.25) is 14.9 Å². The fourth-order valence-electron chi connectivity index (χ4n) is 2.20. The first kappa shape index (κ1) is 16.2. The Morgan fingerprint density at radius 2 is 1.83 bits per heavy atom. The van der Waals surface area contributed by atoms with Crippen molar-refractivity contribution in [1.82, 2.24) is 0 Å². The number of nitrogens with zero attached hydrogens (tertiary/aromatic N) is 1. The molecule has 0 N–H and O–H groups in total. The van der Waals surface area contributed by atoms with Gasteiger partial charge in [-0.2, -0.15) is 0 Å². The molecule has 0 amide bonds. The number of carbonyl (C=O) groups excluding carboxylic acids is 2. The van der Waals surface area contributed by atoms with E-state index >= 15 is 0 Å². The molecule has 1 heterocycles. The highest BCUT2D eigenvalue weighted by atomic mass is 35.5. The monoisotopic (exact) mass is 363 g/mol. The largest absolute Gasteiger partial charge is 0.422 e. The number of fused-ring (bicyclic) bond motifs is 1. The molecule has 0 saturated heterocycles. The summed E-state index contributed by atoms with van der Waals surface area (Å²) in [4.78, 5) is 34.8. The van der Waals surface area contributed by atoms with Crippen molar-refractivity contribution in [2.24, 2.45) is 0 Å². The second-order valence-corrected chi connectivity index (χ2v) is 5.72. The molecule has 1 aliphatic rings. The second kappa shape index (κ2) is 6.07. The minimum atomic E-state index is -0.864. The van der Waals surface area contributed by atoms with Gasteiger partial charge in [-0.1, -0.05) is 23.2 Å². The summed E-state index contributed by atoms with van der Waals surface area (Å²) >= 11 is 11.8. The maximum absolute atomic E-state index is 12.5. The third kappa shape index (κ3) is 2.89. The van der Waals surface area contributed by atoms with Crippen LogP contribution in [0.4, 0.5) is 5.69 Å². The van der Waals surface area contributed by atoms with Gasteiger partial charge in [-0.15, -0.1) is 0 Å². The van der Waals surface area contributed by atoms with Crippen molar-refractivity contribution >= 4 is 46.7 Å². The Hall–Kier alpha value is -2.70. The normalized spacial score (nSPS) is 15.2. The highest BCUT2D eigenvalue weighted by Gasteiger charge is 2.31. The number of rotatable bonds is 2. The molecule has 8 heteroatoms. The summed E-state index contributed by atoms with van der Waals surface area (Å²) in [5.74, 6) is -1.35. The Balaban J connectivity index is 2.11. The van der Waals surface area contributed by atoms with Gasteiger partial charge < -0.3 is 4.74 Å². The Morgan fingerprint density at radius 3 is 2.54 bits per heavy atom. The quantitative estimate of drug-likeness (QED) is 0.200. The van der Waals surface area contributed by atoms with Crippen LogP contribution in [-0.2, 0) is 4.79 Å². The fourth-order valence-corrected chi connectivity index (χ4v) is 2.54. The Morgan fingerprint density at radius 1 is 1.08 bits per heavy atom. The SMILES string of the molecule is O=C1Oc2ccc(Cl)cc2C(=O)/C1=C/c1cc([N+](=O)[O-])ccc1Cl. The molecule has 2 aromatic carbocycles. The summed E-state index contributed by atoms with van der Waals surface area (Å²) in [5.41, 5.74) is -0.204. The van der Waals surface area contributed by atoms with E-state index in [0.29, 0.717) is 5.02 Å². The number of benzene rings is 2. The molecule has 0 aliphatic carbocycles. The molecule has 0 bridgehead atoms. The predicted octanol–water partition coefficient (Wildman–Crippen LogP) is 4.09. The number of carbonyl (C=O) groups is 2. The summed E-state index contributed by atoms with van der Waals surface area (Å²) in [6, 6.07) is 8.01. The maximum Gasteiger partial charge on any atom is 0.347 e. The molecule has 24 heavy (non-hydrogen) atoms. The lowest BCUT2D eigenvalue weighted by Crippen LogP contribution is -2.25. The van der Waals surface area contributed by atoms with Gasteiger partial charge in [0.25, 0.3) is 5.69 Å². The molecule has 0 unspecified atom stereocenters. The molecular formula is C16H7Cl2NO5. The molecule has 6 nitrogen and oxygen atoms in total. The van der Waals surface area contributed by atoms with E-state index in [9.17, 15) is 19.7 Å². The van der Waals surface area contributed by atoms with E-state index in [1.54, 1.807) is 0 Å². The fraction of sp³-hybridized carbons (Fsp3) is 0. The molecule has 0 aromatic heterocycles. The van der Waals surface area contributed by atoms with Gasteiger partial charge in [0.05, 0.1) is 10.5 Å². The molecule has 1 aliphatic heterocycles. The van der Waals surface area contributed by atoms with E-state index in [1.165, 1.54) is 42.5 Å². The summed E-state index contributed by atoms with van der Waals surface area (Å²) in [7, 11) is 0. The van der Waals surface area contributed by atoms with Crippen LogP contribution in [0.5, 0.6) is 5.75 Å². The number of nitro groups is 1. The predicted molar refractivity (Wildman–Crippen MR) is 87.5 cm³/mol. The molecule has 120 valence electrons. The zero-order chi connectivity index (χ0) is 17.4. The van der Waals surface area contributed by atoms with Crippen LogP contribution in [0.2, 0.25) is 10.0 Å². The smallest absolute Gasteiger partial charge is 0.347 e. The number of esters is 1. The number of hydrogen-bond donors (Lipinski definition) is 0. The summed E-state index contributed by atoms with van der Waals surface area (Å²) in [6.45, 7) is 0. The van der Waals surface area contributed by atoms with Crippen molar-refractivity contribution in [1.29, 1.82) is 0 Å². The van der Waals surface area contributed by atoms with Crippen molar-refractivity contribution in [2.45, 2.75) is 0 Å². The van der Waals surface area contributed by atoms with Crippen molar-refractivity contribution in [3.63, 3.8) is 0 Å². The highest BCUT2D eigenvalue weighted by Crippen LogP contribution is 2.32. The number of Topliss-reactive ketones (excluding diaryl/α,β-unsaturated/α-hetero) is 1. The summed E-state index contributed by atoms with van der Waals surface area (Å²) in [5, 5.41) is 11.3. The van der Waals surface area contributed by atoms with Crippen LogP contribution in [-0.4, -0.2) is 16.7 Å². The number of ketones is 1. The number of nitro benzene ring substituents is 1. The van der Waals surface area contributed by atoms with E-state index in [2.05, 4.69) is 0 Å². The Bertz CT molecular complexity index is 936. The van der Waals surface area contributed by atoms with E-state index in [-0.39, 0.29) is 33.2 Å². The van der Waals surface area contributed by atoms with Gasteiger partial charge in [0, 0.05) is 27.7 Å². The van der Waals surface area contributed by atoms with Crippen LogP contribution in [0.25, 0.3) is 6.08 Å². The minimum Gasteiger partial charge on any atom is -0.422 e. The number of ether oxygens (including phenoxy) is 1. The van der Waals surface area contributed by atoms with Gasteiger partial charge in [-0.05, 0) is 30.3 Å². The van der Waals surface area contributed by atoms with Gasteiger partial charge in [0.15, 0.2) is 0 Å². The van der Waals surface area contributed by atoms with E-state index < -0.39 is 16.7 Å². The number of halogens is 2. The lowest BCUT2D eigenvalue weighted by atomic mass is 9.98. The van der Waals surface area contributed by atoms with Crippen LogP contribution in [0.1, 0.15) is 15.9 Å². The molecule has 0 fully saturated rings. The number of hydrogen-bond acceptors (Lipinski definition) is 5. The minimum absolute atomic E-state index is 0.108. The highest BCUT2D eigenvalue weighted by molar-refractivity contribution is 6.35. The van der Waals surface area contributed by atoms with Gasteiger partial charge in [0.2, 0.25) is 5.78 Å². The first-order valence-electron chi connectivity index (χ1n) is 6.59. The van der Waals surface area contributed by atoms with Crippen molar-refractivity contribution < 1.29 is 19.2 Å². The first-order valence-corrected chi connectivity index (χ1v) is 7.34. The molecule has 0 spiro atoms. The van der Waals surface area contributed by atoms with Gasteiger partial charge in [0.1, 0.15) is 11.3 Å². The molecule has 0 atom stereocenters. The Labute approximate surface area is 145 Å². The standard InChI is InChI=1S/C16H7Cl2NO5/c17-9-1-4-14-11(7-9)15(20)12(16(21)24-14)6-8-5-10(19(22)23)2-3-13(8)18/h1-7H/b12-6-. The number of non-ortho nitro benzene ring substituents is 1. The molecule has 0 radical (unpaired) electrons. The second-order valence-electron chi connectivity index (χ2n) is 4.88. The van der Waals surface area contributed by atoms with E-state index in [4.69, 9.17) is 27.9 Å². The van der Waals surface area contributed by atoms with Crippen LogP contribution in [0.3, 0.4) is 0 Å². The maximum atomic E-state index is 12.5. The molecular weight excluding hydrogens is 357 g/mol. The van der Waals surface area contributed by atoms with Crippen molar-refractivity contribution in [2.75, 3.05) is 0 Å². The van der Waals surface area contributed by atoms with Crippen LogP contribution in [0, 0.1) is 10.1 Å². The third-order valence-corrected chi connectivity index (χ3v) is 3.92. The summed E-state index contributed by atoms with van der Waals surface area (Å²) in [6.07, 6.45) is 1.17. The lowest BCUT2D eigenvalue weighted by molar-refractivity contribution is -0.384. The van der Waals surface area contributed by atoms with Gasteiger partial charge in [-0.25, -0.2) is 4.79 Å². The van der Waals surface area contributed by atoms with Crippen LogP contribution in [0.15, 0.2) is 42.0 Å². The third-order valence-electron chi connectivity index (χ3n) is 3.34. The first-order chi connectivity index (χ1) is 11.4. The Kier molecular flexibility index (Phi) is 4.09. The van der Waals surface area contributed by atoms with Crippen LogP contribution >= 0.6 is 23.2 Å². The lowest BCUT2D eigenvalue weighted by Gasteiger charge is -2.17. The average molecular weight is 364 g/mol. The van der Waals surface area contributed by atoms with Gasteiger partial charge >= 0.3 is 5.97 Å².